The standard InChI is InChI=1S/C16H23BrO2Si/c1-16(2,3)20(4,5)19-13-9-8-12-18-15-11-7-6-10-14(15)17/h6-7,10-11H,12-13H2,1-5H3. The van der Waals surface area contributed by atoms with Crippen molar-refractivity contribution in [1.29, 1.82) is 0 Å². The van der Waals surface area contributed by atoms with Crippen LogP contribution in [-0.2, 0) is 4.43 Å². The summed E-state index contributed by atoms with van der Waals surface area (Å²) in [5.41, 5.74) is 0. The molecule has 0 fully saturated rings. The Hall–Kier alpha value is -0.763. The molecule has 1 aromatic rings. The molecule has 2 nitrogen and oxygen atoms in total. The molecule has 0 bridgehead atoms. The maximum atomic E-state index is 5.97. The van der Waals surface area contributed by atoms with Gasteiger partial charge in [-0.1, -0.05) is 44.7 Å². The monoisotopic (exact) mass is 354 g/mol. The zero-order valence-corrected chi connectivity index (χ0v) is 15.5. The molecule has 1 rings (SSSR count). The first-order valence-corrected chi connectivity index (χ1v) is 10.4. The summed E-state index contributed by atoms with van der Waals surface area (Å²) in [6.07, 6.45) is 0. The first-order chi connectivity index (χ1) is 9.24. The van der Waals surface area contributed by atoms with Gasteiger partial charge < -0.3 is 9.16 Å². The number of hydrogen-bond acceptors (Lipinski definition) is 2. The Labute approximate surface area is 132 Å². The molecule has 4 heteroatoms. The number of para-hydroxylation sites is 1. The zero-order valence-electron chi connectivity index (χ0n) is 12.9. The van der Waals surface area contributed by atoms with Gasteiger partial charge in [0.15, 0.2) is 8.32 Å². The van der Waals surface area contributed by atoms with Crippen LogP contribution in [0.3, 0.4) is 0 Å². The minimum absolute atomic E-state index is 0.222. The summed E-state index contributed by atoms with van der Waals surface area (Å²) < 4.78 is 12.5. The lowest BCUT2D eigenvalue weighted by atomic mass is 10.2. The quantitative estimate of drug-likeness (QED) is 0.568. The molecular formula is C16H23BrO2Si. The van der Waals surface area contributed by atoms with Crippen molar-refractivity contribution in [3.05, 3.63) is 28.7 Å². The lowest BCUT2D eigenvalue weighted by Crippen LogP contribution is -2.40. The van der Waals surface area contributed by atoms with Crippen LogP contribution in [0.2, 0.25) is 18.1 Å². The number of benzene rings is 1. The van der Waals surface area contributed by atoms with Crippen molar-refractivity contribution < 1.29 is 9.16 Å². The van der Waals surface area contributed by atoms with Crippen molar-refractivity contribution in [1.82, 2.24) is 0 Å². The van der Waals surface area contributed by atoms with Gasteiger partial charge in [0.1, 0.15) is 12.4 Å². The van der Waals surface area contributed by atoms with Gasteiger partial charge >= 0.3 is 0 Å². The number of rotatable bonds is 4. The van der Waals surface area contributed by atoms with E-state index in [1.54, 1.807) is 0 Å². The highest BCUT2D eigenvalue weighted by molar-refractivity contribution is 9.10. The molecular weight excluding hydrogens is 332 g/mol. The average Bonchev–Trinajstić information content (AvgIpc) is 2.34. The molecule has 0 radical (unpaired) electrons. The number of ether oxygens (including phenoxy) is 1. The van der Waals surface area contributed by atoms with E-state index in [1.807, 2.05) is 24.3 Å². The van der Waals surface area contributed by atoms with E-state index in [9.17, 15) is 0 Å². The van der Waals surface area contributed by atoms with E-state index in [0.717, 1.165) is 10.2 Å². The lowest BCUT2D eigenvalue weighted by Gasteiger charge is -2.35. The number of halogens is 1. The van der Waals surface area contributed by atoms with E-state index in [-0.39, 0.29) is 5.04 Å². The molecule has 0 aliphatic carbocycles. The van der Waals surface area contributed by atoms with Gasteiger partial charge in [0.25, 0.3) is 0 Å². The van der Waals surface area contributed by atoms with E-state index >= 15 is 0 Å². The predicted octanol–water partition coefficient (Wildman–Crippen LogP) is 4.85. The third-order valence-electron chi connectivity index (χ3n) is 3.57. The van der Waals surface area contributed by atoms with E-state index in [1.165, 1.54) is 0 Å². The summed E-state index contributed by atoms with van der Waals surface area (Å²) in [5, 5.41) is 0.222. The molecule has 0 saturated heterocycles. The van der Waals surface area contributed by atoms with Crippen LogP contribution in [-0.4, -0.2) is 21.5 Å². The lowest BCUT2D eigenvalue weighted by molar-refractivity contribution is 0.333. The third-order valence-corrected chi connectivity index (χ3v) is 8.71. The van der Waals surface area contributed by atoms with Gasteiger partial charge in [-0.05, 0) is 46.2 Å². The fraction of sp³-hybridized carbons (Fsp3) is 0.500. The Balaban J connectivity index is 2.37. The molecule has 0 amide bonds. The molecule has 0 aliphatic rings. The van der Waals surface area contributed by atoms with Crippen LogP contribution >= 0.6 is 15.9 Å². The minimum Gasteiger partial charge on any atom is -0.480 e. The molecule has 1 aromatic carbocycles. The Morgan fingerprint density at radius 2 is 1.70 bits per heavy atom. The van der Waals surface area contributed by atoms with E-state index in [4.69, 9.17) is 9.16 Å². The Kier molecular flexibility index (Phi) is 6.31. The van der Waals surface area contributed by atoms with Crippen molar-refractivity contribution in [3.63, 3.8) is 0 Å². The van der Waals surface area contributed by atoms with Crippen LogP contribution in [0.5, 0.6) is 5.75 Å². The van der Waals surface area contributed by atoms with Gasteiger partial charge in [0.05, 0.1) is 11.1 Å². The first-order valence-electron chi connectivity index (χ1n) is 6.71. The van der Waals surface area contributed by atoms with E-state index in [2.05, 4.69) is 61.6 Å². The van der Waals surface area contributed by atoms with Crippen LogP contribution in [0.25, 0.3) is 0 Å². The maximum Gasteiger partial charge on any atom is 0.193 e. The van der Waals surface area contributed by atoms with E-state index < -0.39 is 8.32 Å². The molecule has 0 heterocycles. The third kappa shape index (κ3) is 5.32. The molecule has 0 N–H and O–H groups in total. The molecule has 0 spiro atoms. The fourth-order valence-electron chi connectivity index (χ4n) is 1.21. The van der Waals surface area contributed by atoms with Gasteiger partial charge in [0.2, 0.25) is 0 Å². The Morgan fingerprint density at radius 1 is 1.10 bits per heavy atom. The summed E-state index contributed by atoms with van der Waals surface area (Å²) in [6.45, 7) is 12.0. The largest absolute Gasteiger partial charge is 0.480 e. The van der Waals surface area contributed by atoms with Crippen molar-refractivity contribution >= 4 is 24.2 Å². The summed E-state index contributed by atoms with van der Waals surface area (Å²) >= 11 is 3.43. The highest BCUT2D eigenvalue weighted by Crippen LogP contribution is 2.36. The minimum atomic E-state index is -1.69. The van der Waals surface area contributed by atoms with Crippen molar-refractivity contribution in [2.24, 2.45) is 0 Å². The zero-order chi connectivity index (χ0) is 15.2. The predicted molar refractivity (Wildman–Crippen MR) is 90.6 cm³/mol. The molecule has 20 heavy (non-hydrogen) atoms. The normalized spacial score (nSPS) is 11.7. The fourth-order valence-corrected chi connectivity index (χ4v) is 2.48. The second-order valence-electron chi connectivity index (χ2n) is 6.12. The van der Waals surface area contributed by atoms with Crippen LogP contribution in [0.1, 0.15) is 20.8 Å². The molecule has 0 atom stereocenters. The molecule has 0 unspecified atom stereocenters. The average molecular weight is 355 g/mol. The molecule has 110 valence electrons. The second kappa shape index (κ2) is 7.30. The van der Waals surface area contributed by atoms with Crippen molar-refractivity contribution in [3.8, 4) is 17.6 Å². The van der Waals surface area contributed by atoms with Gasteiger partial charge in [0, 0.05) is 0 Å². The van der Waals surface area contributed by atoms with Crippen LogP contribution in [0, 0.1) is 11.8 Å². The summed E-state index contributed by atoms with van der Waals surface area (Å²) in [6, 6.07) is 7.75. The van der Waals surface area contributed by atoms with Crippen molar-refractivity contribution in [2.45, 2.75) is 38.9 Å². The topological polar surface area (TPSA) is 18.5 Å². The first kappa shape index (κ1) is 17.3. The Bertz CT molecular complexity index is 495. The maximum absolute atomic E-state index is 5.97. The molecule has 0 saturated carbocycles. The van der Waals surface area contributed by atoms with Crippen LogP contribution in [0.4, 0.5) is 0 Å². The van der Waals surface area contributed by atoms with E-state index in [0.29, 0.717) is 13.2 Å². The summed E-state index contributed by atoms with van der Waals surface area (Å²) in [5.74, 6) is 6.83. The Morgan fingerprint density at radius 3 is 2.30 bits per heavy atom. The highest BCUT2D eigenvalue weighted by Gasteiger charge is 2.36. The SMILES string of the molecule is CC(C)(C)[Si](C)(C)OCC#CCOc1ccccc1Br. The van der Waals surface area contributed by atoms with Gasteiger partial charge in [-0.3, -0.25) is 0 Å². The summed E-state index contributed by atoms with van der Waals surface area (Å²) in [4.78, 5) is 0. The van der Waals surface area contributed by atoms with Gasteiger partial charge in [-0.25, -0.2) is 0 Å². The molecule has 0 aliphatic heterocycles. The van der Waals surface area contributed by atoms with Crippen LogP contribution in [0.15, 0.2) is 28.7 Å². The van der Waals surface area contributed by atoms with Gasteiger partial charge in [-0.15, -0.1) is 0 Å². The van der Waals surface area contributed by atoms with Crippen molar-refractivity contribution in [2.75, 3.05) is 13.2 Å². The smallest absolute Gasteiger partial charge is 0.193 e. The second-order valence-corrected chi connectivity index (χ2v) is 11.8. The molecule has 0 aromatic heterocycles. The highest BCUT2D eigenvalue weighted by atomic mass is 79.9. The van der Waals surface area contributed by atoms with Crippen LogP contribution < -0.4 is 4.74 Å². The van der Waals surface area contributed by atoms with Gasteiger partial charge in [-0.2, -0.15) is 0 Å². The number of hydrogen-bond donors (Lipinski definition) is 0. The summed E-state index contributed by atoms with van der Waals surface area (Å²) in [7, 11) is -1.69.